The number of hydrazine groups is 1. The highest BCUT2D eigenvalue weighted by molar-refractivity contribution is 7.18. The second-order valence-electron chi connectivity index (χ2n) is 8.98. The SMILES string of the molecule is CC(C)(C)OC(=O)NN(C(=O)OC(C)(C)C)C(C)(C)c1nc2ccccc2s1. The molecule has 0 radical (unpaired) electrons. The molecule has 8 heteroatoms. The van der Waals surface area contributed by atoms with Crippen molar-refractivity contribution in [3.05, 3.63) is 29.3 Å². The third-order valence-corrected chi connectivity index (χ3v) is 4.90. The molecule has 1 aromatic carbocycles. The molecule has 2 amide bonds. The van der Waals surface area contributed by atoms with Crippen LogP contribution in [0.4, 0.5) is 9.59 Å². The number of aromatic nitrogens is 1. The molecule has 2 rings (SSSR count). The number of ether oxygens (including phenoxy) is 2. The molecule has 1 heterocycles. The van der Waals surface area contributed by atoms with E-state index in [0.717, 1.165) is 15.2 Å². The Morgan fingerprint density at radius 2 is 1.54 bits per heavy atom. The number of carbonyl (C=O) groups is 2. The van der Waals surface area contributed by atoms with E-state index >= 15 is 0 Å². The zero-order valence-electron chi connectivity index (χ0n) is 17.7. The predicted molar refractivity (Wildman–Crippen MR) is 110 cm³/mol. The largest absolute Gasteiger partial charge is 0.443 e. The first-order valence-corrected chi connectivity index (χ1v) is 9.89. The van der Waals surface area contributed by atoms with Crippen molar-refractivity contribution >= 4 is 33.7 Å². The third kappa shape index (κ3) is 5.58. The van der Waals surface area contributed by atoms with Gasteiger partial charge in [-0.2, -0.15) is 0 Å². The summed E-state index contributed by atoms with van der Waals surface area (Å²) in [5.41, 5.74) is 0.972. The number of amides is 2. The standard InChI is InChI=1S/C20H29N3O4S/c1-18(2,3)26-16(24)22-23(17(25)27-19(4,5)6)20(7,8)15-21-13-11-9-10-12-14(13)28-15/h9-12H,1-8H3,(H,22,24). The number of nitrogens with one attached hydrogen (secondary N) is 1. The molecule has 0 saturated heterocycles. The van der Waals surface area contributed by atoms with Crippen molar-refractivity contribution < 1.29 is 19.1 Å². The van der Waals surface area contributed by atoms with Crippen molar-refractivity contribution in [3.63, 3.8) is 0 Å². The van der Waals surface area contributed by atoms with Crippen LogP contribution in [0.15, 0.2) is 24.3 Å². The number of hydrogen-bond acceptors (Lipinski definition) is 6. The van der Waals surface area contributed by atoms with Crippen LogP contribution < -0.4 is 5.43 Å². The highest BCUT2D eigenvalue weighted by atomic mass is 32.1. The Labute approximate surface area is 170 Å². The lowest BCUT2D eigenvalue weighted by molar-refractivity contribution is -0.0258. The second kappa shape index (κ2) is 7.58. The lowest BCUT2D eigenvalue weighted by atomic mass is 10.1. The van der Waals surface area contributed by atoms with Gasteiger partial charge in [0.15, 0.2) is 0 Å². The molecule has 0 fully saturated rings. The highest BCUT2D eigenvalue weighted by Crippen LogP contribution is 2.34. The lowest BCUT2D eigenvalue weighted by Crippen LogP contribution is -2.57. The number of fused-ring (bicyclic) bond motifs is 1. The summed E-state index contributed by atoms with van der Waals surface area (Å²) in [5, 5.41) is 1.81. The molecule has 1 N–H and O–H groups in total. The van der Waals surface area contributed by atoms with E-state index in [1.165, 1.54) is 11.3 Å². The van der Waals surface area contributed by atoms with Gasteiger partial charge < -0.3 is 9.47 Å². The fraction of sp³-hybridized carbons (Fsp3) is 0.550. The van der Waals surface area contributed by atoms with Crippen LogP contribution in [-0.2, 0) is 15.0 Å². The molecule has 1 aromatic heterocycles. The maximum atomic E-state index is 12.9. The van der Waals surface area contributed by atoms with Crippen molar-refractivity contribution in [3.8, 4) is 0 Å². The van der Waals surface area contributed by atoms with E-state index in [-0.39, 0.29) is 0 Å². The minimum absolute atomic E-state index is 0.663. The Morgan fingerprint density at radius 1 is 0.964 bits per heavy atom. The first kappa shape index (κ1) is 21.9. The van der Waals surface area contributed by atoms with Gasteiger partial charge in [-0.3, -0.25) is 0 Å². The summed E-state index contributed by atoms with van der Waals surface area (Å²) in [6.07, 6.45) is -1.44. The van der Waals surface area contributed by atoms with Crippen LogP contribution in [-0.4, -0.2) is 33.4 Å². The molecule has 0 saturated carbocycles. The van der Waals surface area contributed by atoms with E-state index in [9.17, 15) is 9.59 Å². The Bertz CT molecular complexity index is 829. The molecule has 0 spiro atoms. The molecule has 28 heavy (non-hydrogen) atoms. The monoisotopic (exact) mass is 407 g/mol. The molecule has 0 unspecified atom stereocenters. The normalized spacial score (nSPS) is 12.6. The van der Waals surface area contributed by atoms with Crippen LogP contribution >= 0.6 is 11.3 Å². The van der Waals surface area contributed by atoms with Gasteiger partial charge >= 0.3 is 12.2 Å². The summed E-state index contributed by atoms with van der Waals surface area (Å²) in [6, 6.07) is 7.71. The van der Waals surface area contributed by atoms with Crippen molar-refractivity contribution in [2.75, 3.05) is 0 Å². The molecule has 0 aliphatic rings. The molecule has 7 nitrogen and oxygen atoms in total. The smallest absolute Gasteiger partial charge is 0.430 e. The van der Waals surface area contributed by atoms with Crippen molar-refractivity contribution in [2.45, 2.75) is 72.1 Å². The number of carbonyl (C=O) groups excluding carboxylic acids is 2. The van der Waals surface area contributed by atoms with Gasteiger partial charge in [0, 0.05) is 0 Å². The number of benzene rings is 1. The number of rotatable bonds is 2. The lowest BCUT2D eigenvalue weighted by Gasteiger charge is -2.37. The van der Waals surface area contributed by atoms with Gasteiger partial charge in [-0.25, -0.2) is 25.0 Å². The minimum atomic E-state index is -0.969. The summed E-state index contributed by atoms with van der Waals surface area (Å²) in [4.78, 5) is 29.9. The van der Waals surface area contributed by atoms with E-state index in [2.05, 4.69) is 10.4 Å². The fourth-order valence-corrected chi connectivity index (χ4v) is 3.40. The van der Waals surface area contributed by atoms with Crippen molar-refractivity contribution in [1.82, 2.24) is 15.4 Å². The van der Waals surface area contributed by atoms with E-state index < -0.39 is 28.9 Å². The number of nitrogens with zero attached hydrogens (tertiary/aromatic N) is 2. The van der Waals surface area contributed by atoms with Gasteiger partial charge in [0.2, 0.25) is 0 Å². The van der Waals surface area contributed by atoms with Gasteiger partial charge in [0.25, 0.3) is 0 Å². The molecular formula is C20H29N3O4S. The number of para-hydroxylation sites is 1. The van der Waals surface area contributed by atoms with Gasteiger partial charge in [0.1, 0.15) is 21.7 Å². The first-order valence-electron chi connectivity index (χ1n) is 9.08. The molecule has 0 atom stereocenters. The zero-order valence-corrected chi connectivity index (χ0v) is 18.6. The van der Waals surface area contributed by atoms with E-state index in [0.29, 0.717) is 5.01 Å². The maximum absolute atomic E-state index is 12.9. The van der Waals surface area contributed by atoms with Crippen LogP contribution in [0.3, 0.4) is 0 Å². The van der Waals surface area contributed by atoms with Crippen molar-refractivity contribution in [2.24, 2.45) is 0 Å². The maximum Gasteiger partial charge on any atom is 0.430 e. The van der Waals surface area contributed by atoms with Crippen LogP contribution in [0, 0.1) is 0 Å². The Balaban J connectivity index is 2.40. The molecular weight excluding hydrogens is 378 g/mol. The molecule has 2 aromatic rings. The molecule has 0 aliphatic carbocycles. The Morgan fingerprint density at radius 3 is 2.07 bits per heavy atom. The van der Waals surface area contributed by atoms with Gasteiger partial charge in [-0.15, -0.1) is 11.3 Å². The number of hydrogen-bond donors (Lipinski definition) is 1. The molecule has 154 valence electrons. The average molecular weight is 408 g/mol. The molecule has 0 aliphatic heterocycles. The van der Waals surface area contributed by atoms with Gasteiger partial charge in [-0.05, 0) is 67.5 Å². The van der Waals surface area contributed by atoms with Crippen LogP contribution in [0.2, 0.25) is 0 Å². The Kier molecular flexibility index (Phi) is 5.94. The molecule has 0 bridgehead atoms. The van der Waals surface area contributed by atoms with E-state index in [1.54, 1.807) is 55.4 Å². The van der Waals surface area contributed by atoms with E-state index in [1.807, 2.05) is 24.3 Å². The van der Waals surface area contributed by atoms with Crippen LogP contribution in [0.5, 0.6) is 0 Å². The summed E-state index contributed by atoms with van der Waals surface area (Å²) in [7, 11) is 0. The van der Waals surface area contributed by atoms with Gasteiger partial charge in [-0.1, -0.05) is 12.1 Å². The summed E-state index contributed by atoms with van der Waals surface area (Å²) >= 11 is 1.46. The average Bonchev–Trinajstić information content (AvgIpc) is 2.93. The fourth-order valence-electron chi connectivity index (χ4n) is 2.34. The van der Waals surface area contributed by atoms with E-state index in [4.69, 9.17) is 9.47 Å². The summed E-state index contributed by atoms with van der Waals surface area (Å²) in [5.74, 6) is 0. The van der Waals surface area contributed by atoms with Crippen LogP contribution in [0.1, 0.15) is 60.4 Å². The zero-order chi connectivity index (χ0) is 21.3. The first-order chi connectivity index (χ1) is 12.7. The topological polar surface area (TPSA) is 80.8 Å². The van der Waals surface area contributed by atoms with Crippen molar-refractivity contribution in [1.29, 1.82) is 0 Å². The Hall–Kier alpha value is -2.35. The van der Waals surface area contributed by atoms with Crippen LogP contribution in [0.25, 0.3) is 10.2 Å². The van der Waals surface area contributed by atoms with Gasteiger partial charge in [0.05, 0.1) is 10.2 Å². The quantitative estimate of drug-likeness (QED) is 0.691. The summed E-state index contributed by atoms with van der Waals surface area (Å²) < 4.78 is 11.8. The predicted octanol–water partition coefficient (Wildman–Crippen LogP) is 5.21. The highest BCUT2D eigenvalue weighted by Gasteiger charge is 2.40. The minimum Gasteiger partial charge on any atom is -0.443 e. The number of thiazole rings is 1. The summed E-state index contributed by atoms with van der Waals surface area (Å²) in [6.45, 7) is 14.1. The second-order valence-corrected chi connectivity index (χ2v) is 10.0. The third-order valence-electron chi connectivity index (χ3n) is 3.55.